The van der Waals surface area contributed by atoms with Gasteiger partial charge in [-0.3, -0.25) is 0 Å². The van der Waals surface area contributed by atoms with E-state index < -0.39 is 0 Å². The van der Waals surface area contributed by atoms with Crippen LogP contribution in [0.4, 0.5) is 5.82 Å². The van der Waals surface area contributed by atoms with Gasteiger partial charge in [0.1, 0.15) is 5.82 Å². The first-order valence-electron chi connectivity index (χ1n) is 7.05. The number of pyridine rings is 1. The summed E-state index contributed by atoms with van der Waals surface area (Å²) in [4.78, 5) is 4.55. The third-order valence-corrected chi connectivity index (χ3v) is 3.18. The summed E-state index contributed by atoms with van der Waals surface area (Å²) in [5.41, 5.74) is 1.23. The molecular formula is C16H23N3O. The van der Waals surface area contributed by atoms with Crippen molar-refractivity contribution < 1.29 is 4.74 Å². The highest BCUT2D eigenvalue weighted by atomic mass is 16.5. The molecule has 0 saturated carbocycles. The normalized spacial score (nSPS) is 11.2. The number of anilines is 1. The Kier molecular flexibility index (Phi) is 5.32. The number of ether oxygens (including phenoxy) is 1. The van der Waals surface area contributed by atoms with Crippen LogP contribution in [0.15, 0.2) is 30.5 Å². The number of nitrogens with one attached hydrogen (secondary N) is 2. The van der Waals surface area contributed by atoms with E-state index in [1.54, 1.807) is 7.11 Å². The van der Waals surface area contributed by atoms with Crippen LogP contribution >= 0.6 is 0 Å². The first-order chi connectivity index (χ1) is 9.72. The SMILES string of the molecule is COCCNc1ncc(CNC(C)C)c2ccccc12. The van der Waals surface area contributed by atoms with Gasteiger partial charge in [0, 0.05) is 37.8 Å². The predicted octanol–water partition coefficient (Wildman–Crippen LogP) is 2.79. The Hall–Kier alpha value is -1.65. The standard InChI is InChI=1S/C16H23N3O/c1-12(2)18-10-13-11-19-16(17-8-9-20-3)15-7-5-4-6-14(13)15/h4-7,11-12,18H,8-10H2,1-3H3,(H,17,19). The monoisotopic (exact) mass is 273 g/mol. The lowest BCUT2D eigenvalue weighted by atomic mass is 10.1. The van der Waals surface area contributed by atoms with Crippen molar-refractivity contribution >= 4 is 16.6 Å². The van der Waals surface area contributed by atoms with E-state index in [1.807, 2.05) is 12.3 Å². The molecule has 1 heterocycles. The molecule has 1 aromatic carbocycles. The van der Waals surface area contributed by atoms with Crippen LogP contribution in [0.3, 0.4) is 0 Å². The molecule has 0 aliphatic carbocycles. The number of nitrogens with zero attached hydrogens (tertiary/aromatic N) is 1. The molecule has 0 saturated heterocycles. The van der Waals surface area contributed by atoms with Crippen LogP contribution in [0.5, 0.6) is 0 Å². The largest absolute Gasteiger partial charge is 0.383 e. The highest BCUT2D eigenvalue weighted by Crippen LogP contribution is 2.24. The molecule has 0 unspecified atom stereocenters. The number of aromatic nitrogens is 1. The molecule has 2 rings (SSSR count). The Morgan fingerprint density at radius 3 is 2.65 bits per heavy atom. The van der Waals surface area contributed by atoms with Crippen molar-refractivity contribution in [3.8, 4) is 0 Å². The second-order valence-corrected chi connectivity index (χ2v) is 5.13. The minimum Gasteiger partial charge on any atom is -0.383 e. The molecule has 0 spiro atoms. The first kappa shape index (κ1) is 14.8. The van der Waals surface area contributed by atoms with Crippen LogP contribution in [0.25, 0.3) is 10.8 Å². The Labute approximate surface area is 120 Å². The summed E-state index contributed by atoms with van der Waals surface area (Å²) in [6, 6.07) is 8.84. The Morgan fingerprint density at radius 2 is 1.95 bits per heavy atom. The minimum atomic E-state index is 0.466. The molecule has 20 heavy (non-hydrogen) atoms. The van der Waals surface area contributed by atoms with Crippen molar-refractivity contribution in [1.29, 1.82) is 0 Å². The molecule has 0 bridgehead atoms. The van der Waals surface area contributed by atoms with Crippen molar-refractivity contribution in [3.63, 3.8) is 0 Å². The number of hydrogen-bond donors (Lipinski definition) is 2. The van der Waals surface area contributed by atoms with Crippen LogP contribution < -0.4 is 10.6 Å². The molecule has 0 fully saturated rings. The van der Waals surface area contributed by atoms with Gasteiger partial charge in [0.25, 0.3) is 0 Å². The van der Waals surface area contributed by atoms with E-state index in [4.69, 9.17) is 4.74 Å². The number of fused-ring (bicyclic) bond motifs is 1. The highest BCUT2D eigenvalue weighted by Gasteiger charge is 2.07. The maximum atomic E-state index is 5.06. The second kappa shape index (κ2) is 7.22. The van der Waals surface area contributed by atoms with E-state index in [2.05, 4.69) is 47.7 Å². The molecule has 0 aliphatic rings. The summed E-state index contributed by atoms with van der Waals surface area (Å²) in [5, 5.41) is 9.17. The second-order valence-electron chi connectivity index (χ2n) is 5.13. The molecule has 2 aromatic rings. The molecule has 0 amide bonds. The average Bonchev–Trinajstić information content (AvgIpc) is 2.46. The summed E-state index contributed by atoms with van der Waals surface area (Å²) in [6.07, 6.45) is 1.95. The molecule has 1 aromatic heterocycles. The topological polar surface area (TPSA) is 46.2 Å². The zero-order chi connectivity index (χ0) is 14.4. The fourth-order valence-electron chi connectivity index (χ4n) is 2.12. The van der Waals surface area contributed by atoms with E-state index in [1.165, 1.54) is 10.9 Å². The average molecular weight is 273 g/mol. The first-order valence-corrected chi connectivity index (χ1v) is 7.05. The van der Waals surface area contributed by atoms with Crippen molar-refractivity contribution in [1.82, 2.24) is 10.3 Å². The Bertz CT molecular complexity index is 554. The van der Waals surface area contributed by atoms with Gasteiger partial charge in [-0.2, -0.15) is 0 Å². The van der Waals surface area contributed by atoms with Crippen molar-refractivity contribution in [2.24, 2.45) is 0 Å². The highest BCUT2D eigenvalue weighted by molar-refractivity contribution is 5.93. The predicted molar refractivity (Wildman–Crippen MR) is 84.1 cm³/mol. The maximum absolute atomic E-state index is 5.06. The zero-order valence-electron chi connectivity index (χ0n) is 12.4. The lowest BCUT2D eigenvalue weighted by Crippen LogP contribution is -2.22. The molecule has 2 N–H and O–H groups in total. The maximum Gasteiger partial charge on any atom is 0.133 e. The van der Waals surface area contributed by atoms with E-state index in [9.17, 15) is 0 Å². The smallest absolute Gasteiger partial charge is 0.133 e. The van der Waals surface area contributed by atoms with Gasteiger partial charge in [0.05, 0.1) is 6.61 Å². The van der Waals surface area contributed by atoms with E-state index in [-0.39, 0.29) is 0 Å². The van der Waals surface area contributed by atoms with E-state index in [0.717, 1.165) is 24.3 Å². The number of methoxy groups -OCH3 is 1. The lowest BCUT2D eigenvalue weighted by Gasteiger charge is -2.13. The van der Waals surface area contributed by atoms with Gasteiger partial charge < -0.3 is 15.4 Å². The van der Waals surface area contributed by atoms with Crippen LogP contribution in [-0.4, -0.2) is 31.3 Å². The third-order valence-electron chi connectivity index (χ3n) is 3.18. The van der Waals surface area contributed by atoms with Gasteiger partial charge in [0.15, 0.2) is 0 Å². The summed E-state index contributed by atoms with van der Waals surface area (Å²) in [6.45, 7) is 6.57. The van der Waals surface area contributed by atoms with Crippen molar-refractivity contribution in [2.45, 2.75) is 26.4 Å². The molecule has 0 radical (unpaired) electrons. The molecule has 4 nitrogen and oxygen atoms in total. The fourth-order valence-corrected chi connectivity index (χ4v) is 2.12. The molecular weight excluding hydrogens is 250 g/mol. The molecule has 4 heteroatoms. The Balaban J connectivity index is 2.26. The number of hydrogen-bond acceptors (Lipinski definition) is 4. The Morgan fingerprint density at radius 1 is 1.20 bits per heavy atom. The summed E-state index contributed by atoms with van der Waals surface area (Å²) >= 11 is 0. The van der Waals surface area contributed by atoms with Gasteiger partial charge in [-0.05, 0) is 10.9 Å². The molecule has 0 aliphatic heterocycles. The molecule has 108 valence electrons. The van der Waals surface area contributed by atoms with Gasteiger partial charge in [-0.15, -0.1) is 0 Å². The summed E-state index contributed by atoms with van der Waals surface area (Å²) in [7, 11) is 1.70. The lowest BCUT2D eigenvalue weighted by molar-refractivity contribution is 0.210. The van der Waals surface area contributed by atoms with Crippen LogP contribution in [0.2, 0.25) is 0 Å². The third kappa shape index (κ3) is 3.68. The fraction of sp³-hybridized carbons (Fsp3) is 0.438. The van der Waals surface area contributed by atoms with E-state index >= 15 is 0 Å². The van der Waals surface area contributed by atoms with Gasteiger partial charge in [-0.1, -0.05) is 38.1 Å². The van der Waals surface area contributed by atoms with Crippen LogP contribution in [0, 0.1) is 0 Å². The number of benzene rings is 1. The van der Waals surface area contributed by atoms with Crippen molar-refractivity contribution in [3.05, 3.63) is 36.0 Å². The van der Waals surface area contributed by atoms with E-state index in [0.29, 0.717) is 12.6 Å². The zero-order valence-corrected chi connectivity index (χ0v) is 12.4. The van der Waals surface area contributed by atoms with Crippen LogP contribution in [-0.2, 0) is 11.3 Å². The minimum absolute atomic E-state index is 0.466. The number of rotatable bonds is 7. The van der Waals surface area contributed by atoms with Crippen LogP contribution in [0.1, 0.15) is 19.4 Å². The summed E-state index contributed by atoms with van der Waals surface area (Å²) in [5.74, 6) is 0.922. The van der Waals surface area contributed by atoms with Gasteiger partial charge in [0.2, 0.25) is 0 Å². The van der Waals surface area contributed by atoms with Gasteiger partial charge in [-0.25, -0.2) is 4.98 Å². The molecule has 0 atom stereocenters. The summed E-state index contributed by atoms with van der Waals surface area (Å²) < 4.78 is 5.06. The quantitative estimate of drug-likeness (QED) is 0.762. The van der Waals surface area contributed by atoms with Gasteiger partial charge >= 0.3 is 0 Å². The van der Waals surface area contributed by atoms with Crippen molar-refractivity contribution in [2.75, 3.05) is 25.6 Å².